The van der Waals surface area contributed by atoms with Crippen LogP contribution in [0.1, 0.15) is 11.4 Å². The van der Waals surface area contributed by atoms with E-state index in [1.165, 1.54) is 17.3 Å². The van der Waals surface area contributed by atoms with Gasteiger partial charge in [-0.3, -0.25) is 9.36 Å². The van der Waals surface area contributed by atoms with E-state index in [0.29, 0.717) is 22.7 Å². The van der Waals surface area contributed by atoms with Crippen LogP contribution in [0.15, 0.2) is 75.3 Å². The minimum atomic E-state index is -0.265. The molecule has 0 bridgehead atoms. The van der Waals surface area contributed by atoms with Crippen LogP contribution in [0.4, 0.5) is 0 Å². The normalized spacial score (nSPS) is 11.5. The average Bonchev–Trinajstić information content (AvgIpc) is 3.32. The quantitative estimate of drug-likeness (QED) is 0.460. The average molecular weight is 388 g/mol. The molecule has 0 unspecified atom stereocenters. The molecule has 28 heavy (non-hydrogen) atoms. The summed E-state index contributed by atoms with van der Waals surface area (Å²) in [5, 5.41) is 1.69. The highest BCUT2D eigenvalue weighted by Crippen LogP contribution is 2.27. The van der Waals surface area contributed by atoms with Crippen LogP contribution in [0.25, 0.3) is 27.8 Å². The molecule has 0 fully saturated rings. The molecule has 3 heterocycles. The second-order valence-electron chi connectivity index (χ2n) is 6.44. The number of H-pyrrole nitrogens is 1. The number of furan rings is 1. The number of hydrogen-bond donors (Lipinski definition) is 1. The van der Waals surface area contributed by atoms with Crippen molar-refractivity contribution in [2.24, 2.45) is 0 Å². The molecule has 0 atom stereocenters. The summed E-state index contributed by atoms with van der Waals surface area (Å²) in [5.74, 6) is 1.08. The Labute approximate surface area is 164 Å². The number of benzene rings is 2. The van der Waals surface area contributed by atoms with Gasteiger partial charge in [-0.1, -0.05) is 42.1 Å². The van der Waals surface area contributed by atoms with Gasteiger partial charge in [-0.05, 0) is 30.7 Å². The minimum absolute atomic E-state index is 0.261. The molecule has 0 spiro atoms. The van der Waals surface area contributed by atoms with Crippen molar-refractivity contribution >= 4 is 33.8 Å². The highest BCUT2D eigenvalue weighted by atomic mass is 32.2. The second kappa shape index (κ2) is 6.69. The van der Waals surface area contributed by atoms with E-state index in [-0.39, 0.29) is 11.1 Å². The predicted molar refractivity (Wildman–Crippen MR) is 110 cm³/mol. The number of imidazole rings is 1. The standard InChI is InChI=1S/C21H16N4O2S/c1-13-6-2-4-8-15(13)25-11-10-22-21(25)28-12-17-23-18-14-7-3-5-9-16(14)27-19(18)20(26)24-17/h2-11H,12H2,1H3,(H,23,24,26). The molecule has 7 heteroatoms. The number of aromatic nitrogens is 4. The zero-order valence-electron chi connectivity index (χ0n) is 15.0. The molecule has 2 aromatic carbocycles. The summed E-state index contributed by atoms with van der Waals surface area (Å²) >= 11 is 1.52. The number of nitrogens with one attached hydrogen (secondary N) is 1. The van der Waals surface area contributed by atoms with Gasteiger partial charge in [0, 0.05) is 17.8 Å². The molecule has 138 valence electrons. The third-order valence-electron chi connectivity index (χ3n) is 4.60. The van der Waals surface area contributed by atoms with Crippen molar-refractivity contribution in [3.05, 3.63) is 82.7 Å². The lowest BCUT2D eigenvalue weighted by Crippen LogP contribution is -2.10. The Bertz CT molecular complexity index is 1370. The van der Waals surface area contributed by atoms with Gasteiger partial charge in [0.25, 0.3) is 5.56 Å². The summed E-state index contributed by atoms with van der Waals surface area (Å²) in [4.78, 5) is 24.4. The lowest BCUT2D eigenvalue weighted by atomic mass is 10.2. The van der Waals surface area contributed by atoms with Gasteiger partial charge in [0.05, 0.1) is 11.4 Å². The first-order valence-electron chi connectivity index (χ1n) is 8.83. The van der Waals surface area contributed by atoms with Crippen molar-refractivity contribution in [3.8, 4) is 5.69 Å². The van der Waals surface area contributed by atoms with E-state index in [1.54, 1.807) is 6.20 Å². The van der Waals surface area contributed by atoms with Crippen molar-refractivity contribution in [2.75, 3.05) is 0 Å². The molecule has 5 aromatic rings. The van der Waals surface area contributed by atoms with E-state index in [1.807, 2.05) is 47.2 Å². The van der Waals surface area contributed by atoms with Crippen LogP contribution >= 0.6 is 11.8 Å². The monoisotopic (exact) mass is 388 g/mol. The van der Waals surface area contributed by atoms with Gasteiger partial charge in [-0.2, -0.15) is 0 Å². The van der Waals surface area contributed by atoms with E-state index < -0.39 is 0 Å². The lowest BCUT2D eigenvalue weighted by Gasteiger charge is -2.10. The maximum absolute atomic E-state index is 12.4. The first kappa shape index (κ1) is 16.8. The van der Waals surface area contributed by atoms with E-state index in [9.17, 15) is 4.79 Å². The number of aryl methyl sites for hydroxylation is 1. The van der Waals surface area contributed by atoms with E-state index in [4.69, 9.17) is 4.42 Å². The van der Waals surface area contributed by atoms with Gasteiger partial charge in [-0.15, -0.1) is 0 Å². The third-order valence-corrected chi connectivity index (χ3v) is 5.58. The van der Waals surface area contributed by atoms with Crippen LogP contribution in [0.5, 0.6) is 0 Å². The van der Waals surface area contributed by atoms with Crippen molar-refractivity contribution in [2.45, 2.75) is 17.8 Å². The number of nitrogens with zero attached hydrogens (tertiary/aromatic N) is 3. The van der Waals surface area contributed by atoms with Crippen molar-refractivity contribution in [1.82, 2.24) is 19.5 Å². The fourth-order valence-corrected chi connectivity index (χ4v) is 4.10. The maximum Gasteiger partial charge on any atom is 0.294 e. The number of rotatable bonds is 4. The summed E-state index contributed by atoms with van der Waals surface area (Å²) in [7, 11) is 0. The second-order valence-corrected chi connectivity index (χ2v) is 7.39. The Morgan fingerprint density at radius 2 is 1.96 bits per heavy atom. The van der Waals surface area contributed by atoms with Crippen LogP contribution in [0.3, 0.4) is 0 Å². The van der Waals surface area contributed by atoms with Crippen LogP contribution in [-0.4, -0.2) is 19.5 Å². The molecular formula is C21H16N4O2S. The van der Waals surface area contributed by atoms with Crippen LogP contribution in [0.2, 0.25) is 0 Å². The highest BCUT2D eigenvalue weighted by Gasteiger charge is 2.14. The first-order chi connectivity index (χ1) is 13.7. The number of aromatic amines is 1. The molecule has 1 N–H and O–H groups in total. The van der Waals surface area contributed by atoms with Crippen molar-refractivity contribution in [3.63, 3.8) is 0 Å². The SMILES string of the molecule is Cc1ccccc1-n1ccnc1SCc1nc2c(oc3ccccc32)c(=O)[nH]1. The zero-order chi connectivity index (χ0) is 19.1. The molecule has 5 rings (SSSR count). The Hall–Kier alpha value is -3.32. The van der Waals surface area contributed by atoms with Gasteiger partial charge < -0.3 is 9.40 Å². The molecule has 0 radical (unpaired) electrons. The minimum Gasteiger partial charge on any atom is -0.449 e. The van der Waals surface area contributed by atoms with Gasteiger partial charge in [0.1, 0.15) is 16.9 Å². The summed E-state index contributed by atoms with van der Waals surface area (Å²) in [6.07, 6.45) is 3.71. The van der Waals surface area contributed by atoms with Gasteiger partial charge in [0.15, 0.2) is 5.16 Å². The molecule has 0 saturated carbocycles. The lowest BCUT2D eigenvalue weighted by molar-refractivity contribution is 0.660. The van der Waals surface area contributed by atoms with Gasteiger partial charge >= 0.3 is 0 Å². The third kappa shape index (κ3) is 2.80. The van der Waals surface area contributed by atoms with Crippen LogP contribution < -0.4 is 5.56 Å². The molecular weight excluding hydrogens is 372 g/mol. The highest BCUT2D eigenvalue weighted by molar-refractivity contribution is 7.98. The van der Waals surface area contributed by atoms with Gasteiger partial charge in [0.2, 0.25) is 5.58 Å². The van der Waals surface area contributed by atoms with E-state index >= 15 is 0 Å². The largest absolute Gasteiger partial charge is 0.449 e. The van der Waals surface area contributed by atoms with Crippen LogP contribution in [0, 0.1) is 6.92 Å². The predicted octanol–water partition coefficient (Wildman–Crippen LogP) is 4.46. The Kier molecular flexibility index (Phi) is 4.02. The molecule has 0 saturated heterocycles. The number of para-hydroxylation sites is 2. The molecule has 3 aromatic heterocycles. The Morgan fingerprint density at radius 3 is 2.86 bits per heavy atom. The molecule has 0 aliphatic carbocycles. The number of thioether (sulfide) groups is 1. The molecule has 0 aliphatic rings. The van der Waals surface area contributed by atoms with Crippen molar-refractivity contribution in [1.29, 1.82) is 0 Å². The maximum atomic E-state index is 12.4. The summed E-state index contributed by atoms with van der Waals surface area (Å²) in [6.45, 7) is 2.07. The Morgan fingerprint density at radius 1 is 1.14 bits per heavy atom. The molecule has 6 nitrogen and oxygen atoms in total. The summed E-state index contributed by atoms with van der Waals surface area (Å²) in [5.41, 5.74) is 3.50. The molecule has 0 amide bonds. The van der Waals surface area contributed by atoms with E-state index in [2.05, 4.69) is 34.0 Å². The number of hydrogen-bond acceptors (Lipinski definition) is 5. The van der Waals surface area contributed by atoms with Gasteiger partial charge in [-0.25, -0.2) is 9.97 Å². The smallest absolute Gasteiger partial charge is 0.294 e. The molecule has 0 aliphatic heterocycles. The first-order valence-corrected chi connectivity index (χ1v) is 9.82. The van der Waals surface area contributed by atoms with E-state index in [0.717, 1.165) is 16.2 Å². The van der Waals surface area contributed by atoms with Crippen LogP contribution in [-0.2, 0) is 5.75 Å². The number of fused-ring (bicyclic) bond motifs is 3. The summed E-state index contributed by atoms with van der Waals surface area (Å²) in [6, 6.07) is 15.7. The summed E-state index contributed by atoms with van der Waals surface area (Å²) < 4.78 is 7.69. The Balaban J connectivity index is 1.49. The topological polar surface area (TPSA) is 76.7 Å². The van der Waals surface area contributed by atoms with Crippen molar-refractivity contribution < 1.29 is 4.42 Å². The fourth-order valence-electron chi connectivity index (χ4n) is 3.26. The zero-order valence-corrected chi connectivity index (χ0v) is 15.9. The fraction of sp³-hybridized carbons (Fsp3) is 0.0952.